The Balaban J connectivity index is 1.85. The topological polar surface area (TPSA) is 79.0 Å². The molecule has 2 rings (SSSR count). The molecule has 0 radical (unpaired) electrons. The van der Waals surface area contributed by atoms with Crippen LogP contribution in [0.4, 0.5) is 0 Å². The van der Waals surface area contributed by atoms with Crippen LogP contribution in [0, 0.1) is 5.92 Å². The molecule has 1 atom stereocenters. The molecular formula is C10H13BrN2O3S. The number of halogens is 1. The Kier molecular flexibility index (Phi) is 3.58. The minimum absolute atomic E-state index is 0.0438. The van der Waals surface area contributed by atoms with E-state index in [0.29, 0.717) is 18.7 Å². The summed E-state index contributed by atoms with van der Waals surface area (Å²) < 4.78 is 23.3. The van der Waals surface area contributed by atoms with Gasteiger partial charge in [-0.05, 0) is 34.3 Å². The lowest BCUT2D eigenvalue weighted by atomic mass is 10.1. The van der Waals surface area contributed by atoms with Gasteiger partial charge in [-0.1, -0.05) is 0 Å². The van der Waals surface area contributed by atoms with Crippen molar-refractivity contribution in [3.8, 4) is 0 Å². The molecule has 17 heavy (non-hydrogen) atoms. The number of aromatic nitrogens is 1. The van der Waals surface area contributed by atoms with Crippen LogP contribution in [-0.2, 0) is 9.84 Å². The Morgan fingerprint density at radius 2 is 2.35 bits per heavy atom. The highest BCUT2D eigenvalue weighted by Gasteiger charge is 2.28. The van der Waals surface area contributed by atoms with E-state index in [1.165, 1.54) is 0 Å². The average molecular weight is 321 g/mol. The van der Waals surface area contributed by atoms with Crippen molar-refractivity contribution >= 4 is 31.7 Å². The van der Waals surface area contributed by atoms with Gasteiger partial charge in [0, 0.05) is 17.2 Å². The van der Waals surface area contributed by atoms with Gasteiger partial charge in [0.1, 0.15) is 5.69 Å². The second kappa shape index (κ2) is 4.81. The van der Waals surface area contributed by atoms with Crippen LogP contribution in [0.15, 0.2) is 16.7 Å². The van der Waals surface area contributed by atoms with Gasteiger partial charge in [-0.25, -0.2) is 8.42 Å². The summed E-state index contributed by atoms with van der Waals surface area (Å²) in [6, 6.07) is 1.68. The Labute approximate surface area is 108 Å². The Morgan fingerprint density at radius 3 is 2.88 bits per heavy atom. The fourth-order valence-corrected chi connectivity index (χ4v) is 4.07. The minimum atomic E-state index is -2.87. The summed E-state index contributed by atoms with van der Waals surface area (Å²) in [5.74, 6) is 0.255. The maximum absolute atomic E-state index is 11.7. The van der Waals surface area contributed by atoms with Crippen LogP contribution < -0.4 is 5.32 Å². The van der Waals surface area contributed by atoms with Crippen molar-refractivity contribution < 1.29 is 13.2 Å². The normalized spacial score (nSPS) is 22.5. The van der Waals surface area contributed by atoms with Gasteiger partial charge in [-0.2, -0.15) is 0 Å². The molecule has 0 aliphatic carbocycles. The number of carbonyl (C=O) groups excluding carboxylic acids is 1. The molecule has 1 amide bonds. The summed E-state index contributed by atoms with van der Waals surface area (Å²) in [4.78, 5) is 14.5. The van der Waals surface area contributed by atoms with Gasteiger partial charge in [-0.3, -0.25) is 4.79 Å². The zero-order chi connectivity index (χ0) is 12.5. The van der Waals surface area contributed by atoms with Crippen molar-refractivity contribution in [2.75, 3.05) is 18.1 Å². The number of amides is 1. The van der Waals surface area contributed by atoms with E-state index in [9.17, 15) is 13.2 Å². The van der Waals surface area contributed by atoms with Crippen LogP contribution in [0.1, 0.15) is 16.9 Å². The molecule has 1 aliphatic rings. The minimum Gasteiger partial charge on any atom is -0.356 e. The summed E-state index contributed by atoms with van der Waals surface area (Å²) in [6.07, 6.45) is 2.31. The van der Waals surface area contributed by atoms with Gasteiger partial charge in [0.25, 0.3) is 5.91 Å². The zero-order valence-corrected chi connectivity index (χ0v) is 11.5. The fraction of sp³-hybridized carbons (Fsp3) is 0.500. The highest BCUT2D eigenvalue weighted by atomic mass is 79.9. The van der Waals surface area contributed by atoms with E-state index in [-0.39, 0.29) is 23.3 Å². The predicted molar refractivity (Wildman–Crippen MR) is 67.6 cm³/mol. The molecule has 2 heterocycles. The van der Waals surface area contributed by atoms with Crippen LogP contribution in [0.5, 0.6) is 0 Å². The Bertz CT molecular complexity index is 523. The molecule has 94 valence electrons. The maximum Gasteiger partial charge on any atom is 0.267 e. The summed E-state index contributed by atoms with van der Waals surface area (Å²) in [6.45, 7) is 0.411. The van der Waals surface area contributed by atoms with Gasteiger partial charge in [-0.15, -0.1) is 0 Å². The summed E-state index contributed by atoms with van der Waals surface area (Å²) in [7, 11) is -2.87. The fourth-order valence-electron chi connectivity index (χ4n) is 1.86. The van der Waals surface area contributed by atoms with Crippen LogP contribution in [0.25, 0.3) is 0 Å². The standard InChI is InChI=1S/C10H13BrN2O3S/c11-8-3-9(12-5-8)10(14)13-4-7-1-2-17(15,16)6-7/h3,5,7,12H,1-2,4,6H2,(H,13,14)/t7-/m1/s1. The first-order chi connectivity index (χ1) is 7.96. The van der Waals surface area contributed by atoms with Crippen LogP contribution in [0.2, 0.25) is 0 Å². The SMILES string of the molecule is O=C(NC[C@H]1CCS(=O)(=O)C1)c1cc(Br)c[nH]1. The number of hydrogen-bond donors (Lipinski definition) is 2. The molecule has 7 heteroatoms. The van der Waals surface area contributed by atoms with E-state index in [1.54, 1.807) is 12.3 Å². The van der Waals surface area contributed by atoms with Gasteiger partial charge < -0.3 is 10.3 Å². The number of sulfone groups is 1. The van der Waals surface area contributed by atoms with Crippen molar-refractivity contribution in [1.29, 1.82) is 0 Å². The molecule has 1 aromatic heterocycles. The molecule has 1 aromatic rings. The summed E-state index contributed by atoms with van der Waals surface area (Å²) in [5.41, 5.74) is 0.470. The van der Waals surface area contributed by atoms with Crippen molar-refractivity contribution in [1.82, 2.24) is 10.3 Å². The van der Waals surface area contributed by atoms with E-state index < -0.39 is 9.84 Å². The largest absolute Gasteiger partial charge is 0.356 e. The van der Waals surface area contributed by atoms with E-state index >= 15 is 0 Å². The molecule has 0 unspecified atom stereocenters. The molecule has 1 saturated heterocycles. The third-order valence-corrected chi connectivity index (χ3v) is 5.07. The predicted octanol–water partition coefficient (Wildman–Crippen LogP) is 0.942. The zero-order valence-electron chi connectivity index (χ0n) is 9.07. The number of aromatic amines is 1. The molecule has 1 aliphatic heterocycles. The number of nitrogens with one attached hydrogen (secondary N) is 2. The quantitative estimate of drug-likeness (QED) is 0.870. The first-order valence-corrected chi connectivity index (χ1v) is 7.90. The number of hydrogen-bond acceptors (Lipinski definition) is 3. The first kappa shape index (κ1) is 12.6. The van der Waals surface area contributed by atoms with E-state index in [4.69, 9.17) is 0 Å². The monoisotopic (exact) mass is 320 g/mol. The second-order valence-electron chi connectivity index (χ2n) is 4.21. The van der Waals surface area contributed by atoms with E-state index in [1.807, 2.05) is 0 Å². The highest BCUT2D eigenvalue weighted by molar-refractivity contribution is 9.10. The molecule has 1 fully saturated rings. The van der Waals surface area contributed by atoms with Crippen molar-refractivity contribution in [3.05, 3.63) is 22.4 Å². The third kappa shape index (κ3) is 3.32. The molecule has 0 spiro atoms. The highest BCUT2D eigenvalue weighted by Crippen LogP contribution is 2.17. The smallest absolute Gasteiger partial charge is 0.267 e. The van der Waals surface area contributed by atoms with Gasteiger partial charge in [0.05, 0.1) is 11.5 Å². The molecule has 2 N–H and O–H groups in total. The lowest BCUT2D eigenvalue weighted by Crippen LogP contribution is -2.30. The lowest BCUT2D eigenvalue weighted by Gasteiger charge is -2.08. The number of H-pyrrole nitrogens is 1. The molecule has 0 bridgehead atoms. The molecule has 5 nitrogen and oxygen atoms in total. The second-order valence-corrected chi connectivity index (χ2v) is 7.36. The number of carbonyl (C=O) groups is 1. The summed E-state index contributed by atoms with van der Waals surface area (Å²) in [5, 5.41) is 2.74. The van der Waals surface area contributed by atoms with Crippen LogP contribution in [-0.4, -0.2) is 37.4 Å². The van der Waals surface area contributed by atoms with Gasteiger partial charge >= 0.3 is 0 Å². The third-order valence-electron chi connectivity index (χ3n) is 2.77. The molecule has 0 aromatic carbocycles. The van der Waals surface area contributed by atoms with E-state index in [0.717, 1.165) is 4.47 Å². The van der Waals surface area contributed by atoms with Crippen molar-refractivity contribution in [2.45, 2.75) is 6.42 Å². The number of rotatable bonds is 3. The van der Waals surface area contributed by atoms with Gasteiger partial charge in [0.2, 0.25) is 0 Å². The lowest BCUT2D eigenvalue weighted by molar-refractivity contribution is 0.0944. The Morgan fingerprint density at radius 1 is 1.59 bits per heavy atom. The molecule has 0 saturated carbocycles. The van der Waals surface area contributed by atoms with Crippen LogP contribution >= 0.6 is 15.9 Å². The van der Waals surface area contributed by atoms with Crippen molar-refractivity contribution in [2.24, 2.45) is 5.92 Å². The Hall–Kier alpha value is -0.820. The maximum atomic E-state index is 11.7. The van der Waals surface area contributed by atoms with E-state index in [2.05, 4.69) is 26.2 Å². The first-order valence-electron chi connectivity index (χ1n) is 5.29. The van der Waals surface area contributed by atoms with Crippen molar-refractivity contribution in [3.63, 3.8) is 0 Å². The molecular weight excluding hydrogens is 308 g/mol. The average Bonchev–Trinajstić information content (AvgIpc) is 2.81. The summed E-state index contributed by atoms with van der Waals surface area (Å²) >= 11 is 3.24. The van der Waals surface area contributed by atoms with Crippen LogP contribution in [0.3, 0.4) is 0 Å². The van der Waals surface area contributed by atoms with Gasteiger partial charge in [0.15, 0.2) is 9.84 Å².